The van der Waals surface area contributed by atoms with Gasteiger partial charge in [0.2, 0.25) is 5.89 Å². The van der Waals surface area contributed by atoms with Crippen molar-refractivity contribution in [3.63, 3.8) is 0 Å². The molecule has 2 heterocycles. The van der Waals surface area contributed by atoms with Gasteiger partial charge in [0.1, 0.15) is 11.8 Å². The van der Waals surface area contributed by atoms with Crippen LogP contribution in [0, 0.1) is 5.92 Å². The first kappa shape index (κ1) is 21.9. The fraction of sp³-hybridized carbons (Fsp3) is 0.308. The molecule has 0 bridgehead atoms. The number of carbonyl (C=O) groups excluding carboxylic acids is 1. The third kappa shape index (κ3) is 4.44. The second-order valence-corrected chi connectivity index (χ2v) is 8.85. The van der Waals surface area contributed by atoms with Crippen LogP contribution in [0.25, 0.3) is 16.9 Å². The Bertz CT molecular complexity index is 1270. The van der Waals surface area contributed by atoms with E-state index in [1.807, 2.05) is 68.4 Å². The van der Waals surface area contributed by atoms with Gasteiger partial charge in [0.05, 0.1) is 18.5 Å². The summed E-state index contributed by atoms with van der Waals surface area (Å²) in [6, 6.07) is 18.8. The highest BCUT2D eigenvalue weighted by Gasteiger charge is 2.32. The Kier molecular flexibility index (Phi) is 5.88. The second kappa shape index (κ2) is 9.13. The zero-order valence-electron chi connectivity index (χ0n) is 19.4. The lowest BCUT2D eigenvalue weighted by Crippen LogP contribution is -2.32. The highest BCUT2D eigenvalue weighted by atomic mass is 16.5. The Balaban J connectivity index is 1.47. The third-order valence-corrected chi connectivity index (χ3v) is 5.95. The van der Waals surface area contributed by atoms with E-state index in [9.17, 15) is 4.79 Å². The van der Waals surface area contributed by atoms with Crippen LogP contribution in [-0.4, -0.2) is 32.9 Å². The van der Waals surface area contributed by atoms with Crippen LogP contribution < -0.4 is 10.1 Å². The molecule has 0 aliphatic heterocycles. The number of aromatic nitrogens is 4. The summed E-state index contributed by atoms with van der Waals surface area (Å²) in [5.74, 6) is 2.07. The summed E-state index contributed by atoms with van der Waals surface area (Å²) in [5.41, 5.74) is 2.89. The molecule has 34 heavy (non-hydrogen) atoms. The number of rotatable bonds is 8. The quantitative estimate of drug-likeness (QED) is 0.403. The van der Waals surface area contributed by atoms with Gasteiger partial charge in [-0.05, 0) is 61.2 Å². The van der Waals surface area contributed by atoms with Crippen molar-refractivity contribution in [2.45, 2.75) is 38.6 Å². The summed E-state index contributed by atoms with van der Waals surface area (Å²) in [6.07, 6.45) is 2.17. The van der Waals surface area contributed by atoms with Crippen molar-refractivity contribution in [3.8, 4) is 22.7 Å². The van der Waals surface area contributed by atoms with Crippen LogP contribution in [0.4, 0.5) is 0 Å². The maximum absolute atomic E-state index is 13.3. The van der Waals surface area contributed by atoms with E-state index in [1.54, 1.807) is 17.9 Å². The van der Waals surface area contributed by atoms with E-state index in [-0.39, 0.29) is 11.8 Å². The summed E-state index contributed by atoms with van der Waals surface area (Å²) in [6.45, 7) is 4.02. The normalized spacial score (nSPS) is 14.2. The highest BCUT2D eigenvalue weighted by Crippen LogP contribution is 2.38. The molecule has 1 N–H and O–H groups in total. The van der Waals surface area contributed by atoms with Crippen LogP contribution in [0.5, 0.6) is 5.75 Å². The molecular weight excluding hydrogens is 430 g/mol. The first-order chi connectivity index (χ1) is 16.5. The fourth-order valence-electron chi connectivity index (χ4n) is 3.84. The van der Waals surface area contributed by atoms with Crippen LogP contribution in [-0.2, 0) is 0 Å². The van der Waals surface area contributed by atoms with Crippen molar-refractivity contribution < 1.29 is 14.1 Å². The van der Waals surface area contributed by atoms with Crippen LogP contribution >= 0.6 is 0 Å². The van der Waals surface area contributed by atoms with E-state index in [2.05, 4.69) is 20.6 Å². The predicted octanol–water partition coefficient (Wildman–Crippen LogP) is 4.94. The smallest absolute Gasteiger partial charge is 0.272 e. The Morgan fingerprint density at radius 3 is 2.50 bits per heavy atom. The SMILES string of the molecule is COc1ccc(-c2cc(C(=O)NC(c3nc(C4CC4)no3)C(C)C)nn2-c2ccccc2)cc1. The number of para-hydroxylation sites is 1. The number of amides is 1. The molecule has 1 amide bonds. The summed E-state index contributed by atoms with van der Waals surface area (Å²) in [5, 5.41) is 11.8. The van der Waals surface area contributed by atoms with Gasteiger partial charge in [0.15, 0.2) is 11.5 Å². The number of hydrogen-bond donors (Lipinski definition) is 1. The summed E-state index contributed by atoms with van der Waals surface area (Å²) in [4.78, 5) is 17.9. The predicted molar refractivity (Wildman–Crippen MR) is 127 cm³/mol. The van der Waals surface area contributed by atoms with Crippen molar-refractivity contribution in [2.75, 3.05) is 7.11 Å². The lowest BCUT2D eigenvalue weighted by atomic mass is 10.0. The van der Waals surface area contributed by atoms with Crippen molar-refractivity contribution >= 4 is 5.91 Å². The van der Waals surface area contributed by atoms with Gasteiger partial charge in [-0.1, -0.05) is 37.2 Å². The topological polar surface area (TPSA) is 95.1 Å². The van der Waals surface area contributed by atoms with Gasteiger partial charge in [-0.2, -0.15) is 10.1 Å². The van der Waals surface area contributed by atoms with Crippen LogP contribution in [0.3, 0.4) is 0 Å². The molecule has 1 aliphatic rings. The molecule has 0 spiro atoms. The molecule has 174 valence electrons. The van der Waals surface area contributed by atoms with Gasteiger partial charge in [0.25, 0.3) is 5.91 Å². The molecule has 1 unspecified atom stereocenters. The summed E-state index contributed by atoms with van der Waals surface area (Å²) >= 11 is 0. The van der Waals surface area contributed by atoms with Gasteiger partial charge >= 0.3 is 0 Å². The summed E-state index contributed by atoms with van der Waals surface area (Å²) in [7, 11) is 1.63. The Labute approximate surface area is 197 Å². The van der Waals surface area contributed by atoms with Crippen LogP contribution in [0.2, 0.25) is 0 Å². The van der Waals surface area contributed by atoms with Gasteiger partial charge in [-0.15, -0.1) is 0 Å². The zero-order chi connectivity index (χ0) is 23.7. The lowest BCUT2D eigenvalue weighted by molar-refractivity contribution is 0.0908. The standard InChI is InChI=1S/C26H27N5O3/c1-16(2)23(26-28-24(30-34-26)18-9-10-18)27-25(32)21-15-22(17-11-13-20(33-3)14-12-17)31(29-21)19-7-5-4-6-8-19/h4-8,11-16,18,23H,9-10H2,1-3H3,(H,27,32). The fourth-order valence-corrected chi connectivity index (χ4v) is 3.84. The van der Waals surface area contributed by atoms with E-state index in [1.165, 1.54) is 0 Å². The van der Waals surface area contributed by atoms with Gasteiger partial charge in [0, 0.05) is 11.5 Å². The van der Waals surface area contributed by atoms with E-state index in [0.29, 0.717) is 17.5 Å². The average molecular weight is 458 g/mol. The van der Waals surface area contributed by atoms with Crippen molar-refractivity contribution in [2.24, 2.45) is 5.92 Å². The molecule has 0 saturated heterocycles. The number of carbonyl (C=O) groups is 1. The van der Waals surface area contributed by atoms with Gasteiger partial charge < -0.3 is 14.6 Å². The number of ether oxygens (including phenoxy) is 1. The Hall–Kier alpha value is -3.94. The molecule has 2 aromatic carbocycles. The van der Waals surface area contributed by atoms with E-state index >= 15 is 0 Å². The molecule has 1 aliphatic carbocycles. The zero-order valence-corrected chi connectivity index (χ0v) is 19.4. The molecule has 5 rings (SSSR count). The first-order valence-corrected chi connectivity index (χ1v) is 11.5. The van der Waals surface area contributed by atoms with E-state index < -0.39 is 6.04 Å². The molecule has 4 aromatic rings. The van der Waals surface area contributed by atoms with Gasteiger partial charge in [-0.3, -0.25) is 4.79 Å². The number of benzene rings is 2. The second-order valence-electron chi connectivity index (χ2n) is 8.85. The van der Waals surface area contributed by atoms with Crippen molar-refractivity contribution in [1.82, 2.24) is 25.2 Å². The molecule has 8 nitrogen and oxygen atoms in total. The minimum absolute atomic E-state index is 0.0636. The largest absolute Gasteiger partial charge is 0.497 e. The first-order valence-electron chi connectivity index (χ1n) is 11.5. The number of methoxy groups -OCH3 is 1. The minimum Gasteiger partial charge on any atom is -0.497 e. The summed E-state index contributed by atoms with van der Waals surface area (Å²) < 4.78 is 12.6. The maximum atomic E-state index is 13.3. The van der Waals surface area contributed by atoms with Crippen molar-refractivity contribution in [1.29, 1.82) is 0 Å². The molecule has 0 radical (unpaired) electrons. The molecule has 1 fully saturated rings. The third-order valence-electron chi connectivity index (χ3n) is 5.95. The van der Waals surface area contributed by atoms with Crippen molar-refractivity contribution in [3.05, 3.63) is 78.1 Å². The lowest BCUT2D eigenvalue weighted by Gasteiger charge is -2.17. The molecule has 2 aromatic heterocycles. The minimum atomic E-state index is -0.404. The van der Waals surface area contributed by atoms with Crippen LogP contribution in [0.15, 0.2) is 65.2 Å². The molecule has 1 saturated carbocycles. The van der Waals surface area contributed by atoms with E-state index in [0.717, 1.165) is 41.4 Å². The highest BCUT2D eigenvalue weighted by molar-refractivity contribution is 5.94. The van der Waals surface area contributed by atoms with E-state index in [4.69, 9.17) is 9.26 Å². The molecule has 8 heteroatoms. The van der Waals surface area contributed by atoms with Gasteiger partial charge in [-0.25, -0.2) is 4.68 Å². The Morgan fingerprint density at radius 2 is 1.85 bits per heavy atom. The number of nitrogens with zero attached hydrogens (tertiary/aromatic N) is 4. The monoisotopic (exact) mass is 457 g/mol. The molecular formula is C26H27N5O3. The number of nitrogens with one attached hydrogen (secondary N) is 1. The average Bonchev–Trinajstić information content (AvgIpc) is 3.42. The maximum Gasteiger partial charge on any atom is 0.272 e. The number of hydrogen-bond acceptors (Lipinski definition) is 6. The van der Waals surface area contributed by atoms with Crippen LogP contribution in [0.1, 0.15) is 60.9 Å². The molecule has 1 atom stereocenters. The Morgan fingerprint density at radius 1 is 1.12 bits per heavy atom.